The number of anilines is 1. The van der Waals surface area contributed by atoms with Crippen molar-refractivity contribution in [2.45, 2.75) is 38.1 Å². The van der Waals surface area contributed by atoms with Gasteiger partial charge >= 0.3 is 0 Å². The molecule has 0 spiro atoms. The summed E-state index contributed by atoms with van der Waals surface area (Å²) in [5.74, 6) is 0.389. The van der Waals surface area contributed by atoms with E-state index < -0.39 is 0 Å². The number of carbonyl (C=O) groups is 2. The van der Waals surface area contributed by atoms with Crippen LogP contribution in [-0.2, 0) is 16.0 Å². The Hall–Kier alpha value is -2.14. The fourth-order valence-electron chi connectivity index (χ4n) is 3.83. The monoisotopic (exact) mass is 354 g/mol. The number of nitrogens with zero attached hydrogens (tertiary/aromatic N) is 2. The molecule has 2 fully saturated rings. The van der Waals surface area contributed by atoms with Crippen molar-refractivity contribution in [3.8, 4) is 0 Å². The van der Waals surface area contributed by atoms with Crippen molar-refractivity contribution < 1.29 is 9.59 Å². The molecule has 2 aliphatic heterocycles. The van der Waals surface area contributed by atoms with Crippen LogP contribution in [0.25, 0.3) is 0 Å². The van der Waals surface area contributed by atoms with Crippen LogP contribution in [-0.4, -0.2) is 29.8 Å². The second kappa shape index (κ2) is 7.00. The molecule has 4 nitrogen and oxygen atoms in total. The largest absolute Gasteiger partial charge is 0.335 e. The number of thiophene rings is 1. The third kappa shape index (κ3) is 3.33. The Morgan fingerprint density at radius 2 is 1.96 bits per heavy atom. The maximum atomic E-state index is 12.8. The summed E-state index contributed by atoms with van der Waals surface area (Å²) in [7, 11) is 0. The van der Waals surface area contributed by atoms with Crippen molar-refractivity contribution >= 4 is 28.8 Å². The number of amides is 2. The van der Waals surface area contributed by atoms with Gasteiger partial charge in [-0.25, -0.2) is 0 Å². The van der Waals surface area contributed by atoms with Crippen molar-refractivity contribution in [2.24, 2.45) is 0 Å². The van der Waals surface area contributed by atoms with Crippen molar-refractivity contribution in [1.29, 1.82) is 0 Å². The predicted octanol–water partition coefficient (Wildman–Crippen LogP) is 3.78. The summed E-state index contributed by atoms with van der Waals surface area (Å²) < 4.78 is 0. The van der Waals surface area contributed by atoms with Crippen molar-refractivity contribution in [1.82, 2.24) is 4.90 Å². The zero-order chi connectivity index (χ0) is 17.2. The number of hydrogen-bond acceptors (Lipinski definition) is 3. The van der Waals surface area contributed by atoms with Gasteiger partial charge in [-0.1, -0.05) is 18.2 Å². The second-order valence-electron chi connectivity index (χ2n) is 6.75. The lowest BCUT2D eigenvalue weighted by atomic mass is 10.1. The molecule has 2 aliphatic rings. The number of rotatable bonds is 4. The van der Waals surface area contributed by atoms with Crippen molar-refractivity contribution in [3.05, 3.63) is 52.2 Å². The van der Waals surface area contributed by atoms with Crippen LogP contribution in [0.2, 0.25) is 0 Å². The van der Waals surface area contributed by atoms with Gasteiger partial charge in [-0.05, 0) is 48.4 Å². The molecule has 25 heavy (non-hydrogen) atoms. The smallest absolute Gasteiger partial charge is 0.227 e. The highest BCUT2D eigenvalue weighted by Gasteiger charge is 2.30. The Morgan fingerprint density at radius 1 is 1.12 bits per heavy atom. The van der Waals surface area contributed by atoms with Crippen molar-refractivity contribution in [2.75, 3.05) is 18.0 Å². The predicted molar refractivity (Wildman–Crippen MR) is 99.7 cm³/mol. The molecule has 1 unspecified atom stereocenters. The summed E-state index contributed by atoms with van der Waals surface area (Å²) in [4.78, 5) is 29.8. The maximum absolute atomic E-state index is 12.8. The van der Waals surface area contributed by atoms with Crippen LogP contribution < -0.4 is 4.90 Å². The van der Waals surface area contributed by atoms with Crippen LogP contribution in [0.4, 0.5) is 5.69 Å². The normalized spacial score (nSPS) is 20.5. The van der Waals surface area contributed by atoms with Gasteiger partial charge in [0.1, 0.15) is 0 Å². The van der Waals surface area contributed by atoms with Gasteiger partial charge in [-0.15, -0.1) is 11.3 Å². The quantitative estimate of drug-likeness (QED) is 0.838. The molecule has 130 valence electrons. The molecule has 0 bridgehead atoms. The van der Waals surface area contributed by atoms with E-state index in [-0.39, 0.29) is 17.9 Å². The summed E-state index contributed by atoms with van der Waals surface area (Å²) in [5.41, 5.74) is 1.95. The fraction of sp³-hybridized carbons (Fsp3) is 0.400. The molecule has 5 heteroatoms. The Bertz CT molecular complexity index is 755. The molecule has 4 rings (SSSR count). The first-order valence-electron chi connectivity index (χ1n) is 8.94. The zero-order valence-electron chi connectivity index (χ0n) is 14.2. The SMILES string of the molecule is O=C1CCCN1c1ccc(CC(=O)N2CCCC2c2cccs2)cc1. The van der Waals surface area contributed by atoms with Crippen LogP contribution in [0.1, 0.15) is 42.2 Å². The third-order valence-electron chi connectivity index (χ3n) is 5.12. The summed E-state index contributed by atoms with van der Waals surface area (Å²) in [5, 5.41) is 2.08. The van der Waals surface area contributed by atoms with Crippen LogP contribution in [0.15, 0.2) is 41.8 Å². The van der Waals surface area contributed by atoms with Gasteiger partial charge < -0.3 is 9.80 Å². The second-order valence-corrected chi connectivity index (χ2v) is 7.73. The topological polar surface area (TPSA) is 40.6 Å². The van der Waals surface area contributed by atoms with Crippen LogP contribution >= 0.6 is 11.3 Å². The molecule has 1 aromatic heterocycles. The van der Waals surface area contributed by atoms with E-state index in [0.717, 1.165) is 43.6 Å². The Balaban J connectivity index is 1.43. The molecule has 3 heterocycles. The lowest BCUT2D eigenvalue weighted by Gasteiger charge is -2.24. The summed E-state index contributed by atoms with van der Waals surface area (Å²) in [6, 6.07) is 12.3. The van der Waals surface area contributed by atoms with Crippen molar-refractivity contribution in [3.63, 3.8) is 0 Å². The molecule has 1 atom stereocenters. The highest BCUT2D eigenvalue weighted by molar-refractivity contribution is 7.10. The fourth-order valence-corrected chi connectivity index (χ4v) is 4.71. The van der Waals surface area contributed by atoms with E-state index in [2.05, 4.69) is 17.5 Å². The molecular formula is C20H22N2O2S. The highest BCUT2D eigenvalue weighted by Crippen LogP contribution is 2.34. The number of hydrogen-bond donors (Lipinski definition) is 0. The minimum absolute atomic E-state index is 0.194. The molecular weight excluding hydrogens is 332 g/mol. The standard InChI is InChI=1S/C20H22N2O2S/c23-19-6-2-11-21(19)16-9-7-15(8-10-16)14-20(24)22-12-1-4-17(22)18-5-3-13-25-18/h3,5,7-10,13,17H,1-2,4,6,11-12,14H2. The van der Waals surface area contributed by atoms with E-state index >= 15 is 0 Å². The van der Waals surface area contributed by atoms with E-state index in [4.69, 9.17) is 0 Å². The van der Waals surface area contributed by atoms with Crippen LogP contribution in [0.5, 0.6) is 0 Å². The first-order valence-corrected chi connectivity index (χ1v) is 9.82. The van der Waals surface area contributed by atoms with Gasteiger partial charge in [-0.2, -0.15) is 0 Å². The maximum Gasteiger partial charge on any atom is 0.227 e. The Morgan fingerprint density at radius 3 is 2.64 bits per heavy atom. The minimum atomic E-state index is 0.194. The van der Waals surface area contributed by atoms with Crippen LogP contribution in [0.3, 0.4) is 0 Å². The molecule has 0 saturated carbocycles. The molecule has 1 aromatic carbocycles. The lowest BCUT2D eigenvalue weighted by molar-refractivity contribution is -0.131. The van der Waals surface area contributed by atoms with Crippen LogP contribution in [0, 0.1) is 0 Å². The first kappa shape index (κ1) is 16.3. The van der Waals surface area contributed by atoms with E-state index in [9.17, 15) is 9.59 Å². The minimum Gasteiger partial charge on any atom is -0.335 e. The van der Waals surface area contributed by atoms with Gasteiger partial charge in [0.25, 0.3) is 0 Å². The average molecular weight is 354 g/mol. The molecule has 2 amide bonds. The Kier molecular flexibility index (Phi) is 4.57. The first-order chi connectivity index (χ1) is 12.2. The van der Waals surface area contributed by atoms with Gasteiger partial charge in [-0.3, -0.25) is 9.59 Å². The number of benzene rings is 1. The molecule has 2 aromatic rings. The summed E-state index contributed by atoms with van der Waals surface area (Å²) in [6.45, 7) is 1.65. The Labute approximate surface area is 152 Å². The summed E-state index contributed by atoms with van der Waals surface area (Å²) >= 11 is 1.73. The van der Waals surface area contributed by atoms with E-state index in [1.807, 2.05) is 34.1 Å². The molecule has 0 aliphatic carbocycles. The highest BCUT2D eigenvalue weighted by atomic mass is 32.1. The molecule has 2 saturated heterocycles. The molecule has 0 N–H and O–H groups in total. The van der Waals surface area contributed by atoms with Gasteiger partial charge in [0.2, 0.25) is 11.8 Å². The zero-order valence-corrected chi connectivity index (χ0v) is 15.0. The van der Waals surface area contributed by atoms with Gasteiger partial charge in [0.05, 0.1) is 12.5 Å². The average Bonchev–Trinajstić information content (AvgIpc) is 3.36. The van der Waals surface area contributed by atoms with E-state index in [0.29, 0.717) is 12.8 Å². The van der Waals surface area contributed by atoms with Gasteiger partial charge in [0, 0.05) is 30.1 Å². The van der Waals surface area contributed by atoms with E-state index in [1.54, 1.807) is 11.3 Å². The summed E-state index contributed by atoms with van der Waals surface area (Å²) in [6.07, 6.45) is 4.13. The number of carbonyl (C=O) groups excluding carboxylic acids is 2. The van der Waals surface area contributed by atoms with E-state index in [1.165, 1.54) is 4.88 Å². The van der Waals surface area contributed by atoms with Gasteiger partial charge in [0.15, 0.2) is 0 Å². The molecule has 0 radical (unpaired) electrons. The lowest BCUT2D eigenvalue weighted by Crippen LogP contribution is -2.31. The number of likely N-dealkylation sites (tertiary alicyclic amines) is 1. The third-order valence-corrected chi connectivity index (χ3v) is 6.10.